The van der Waals surface area contributed by atoms with Crippen LogP contribution < -0.4 is 10.2 Å². The summed E-state index contributed by atoms with van der Waals surface area (Å²) in [5.41, 5.74) is -1.16. The normalized spacial score (nSPS) is 19.4. The Labute approximate surface area is 250 Å². The highest BCUT2D eigenvalue weighted by molar-refractivity contribution is 7.48. The number of carbonyl (C=O) groups is 1. The van der Waals surface area contributed by atoms with Crippen LogP contribution in [0.15, 0.2) is 0 Å². The number of hydrogen-bond acceptors (Lipinski definition) is 12. The SMILES string of the molecule is CCc1nc(C(=O)N[C@@H]2CCN(c3nnc(C(C)O)s3)C[C@@H]2OC)n(COP(=O)(OC(C)(C)C)OC(C)(C)C)c1Cl. The van der Waals surface area contributed by atoms with E-state index in [1.807, 2.05) is 11.8 Å². The molecule has 2 aromatic heterocycles. The van der Waals surface area contributed by atoms with E-state index >= 15 is 0 Å². The summed E-state index contributed by atoms with van der Waals surface area (Å²) >= 11 is 7.91. The van der Waals surface area contributed by atoms with Crippen LogP contribution in [0.5, 0.6) is 0 Å². The first-order valence-electron chi connectivity index (χ1n) is 13.5. The summed E-state index contributed by atoms with van der Waals surface area (Å²) in [6.45, 7) is 14.6. The Kier molecular flexibility index (Phi) is 11.0. The number of halogens is 1. The highest BCUT2D eigenvalue weighted by Gasteiger charge is 2.38. The number of ether oxygens (including phenoxy) is 1. The number of aliphatic hydroxyl groups is 1. The number of aryl methyl sites for hydroxylation is 1. The number of methoxy groups -OCH3 is 1. The van der Waals surface area contributed by atoms with Crippen molar-refractivity contribution in [1.82, 2.24) is 25.1 Å². The fraction of sp³-hybridized carbons (Fsp3) is 0.760. The minimum Gasteiger partial charge on any atom is -0.386 e. The molecule has 1 saturated heterocycles. The number of nitrogens with zero attached hydrogens (tertiary/aromatic N) is 5. The van der Waals surface area contributed by atoms with E-state index in [4.69, 9.17) is 29.9 Å². The van der Waals surface area contributed by atoms with Crippen molar-refractivity contribution in [2.75, 3.05) is 25.1 Å². The Morgan fingerprint density at radius 3 is 2.37 bits per heavy atom. The number of aliphatic hydroxyl groups excluding tert-OH is 1. The summed E-state index contributed by atoms with van der Waals surface area (Å²) in [6.07, 6.45) is -0.0189. The lowest BCUT2D eigenvalue weighted by molar-refractivity contribution is -0.00651. The second kappa shape index (κ2) is 13.3. The molecular formula is C25H42ClN6O7PS. The largest absolute Gasteiger partial charge is 0.477 e. The van der Waals surface area contributed by atoms with Crippen LogP contribution >= 0.6 is 30.8 Å². The van der Waals surface area contributed by atoms with Crippen LogP contribution in [0.25, 0.3) is 0 Å². The van der Waals surface area contributed by atoms with Crippen LogP contribution in [0.2, 0.25) is 5.15 Å². The lowest BCUT2D eigenvalue weighted by Crippen LogP contribution is -2.55. The van der Waals surface area contributed by atoms with Gasteiger partial charge in [0.1, 0.15) is 23.0 Å². The van der Waals surface area contributed by atoms with Gasteiger partial charge in [-0.05, 0) is 61.3 Å². The molecule has 1 aliphatic heterocycles. The predicted octanol–water partition coefficient (Wildman–Crippen LogP) is 4.74. The van der Waals surface area contributed by atoms with Gasteiger partial charge in [-0.25, -0.2) is 9.55 Å². The number of imidazole rings is 1. The molecule has 3 rings (SSSR count). The average Bonchev–Trinajstić information content (AvgIpc) is 3.46. The van der Waals surface area contributed by atoms with Crippen molar-refractivity contribution in [3.8, 4) is 0 Å². The lowest BCUT2D eigenvalue weighted by atomic mass is 10.0. The summed E-state index contributed by atoms with van der Waals surface area (Å²) < 4.78 is 37.8. The van der Waals surface area contributed by atoms with Gasteiger partial charge in [-0.2, -0.15) is 0 Å². The smallest absolute Gasteiger partial charge is 0.386 e. The molecule has 0 saturated carbocycles. The Bertz CT molecular complexity index is 1220. The van der Waals surface area contributed by atoms with Crippen LogP contribution in [-0.4, -0.2) is 74.3 Å². The molecule has 1 amide bonds. The third kappa shape index (κ3) is 9.17. The fourth-order valence-corrected chi connectivity index (χ4v) is 6.98. The van der Waals surface area contributed by atoms with E-state index < -0.39 is 31.0 Å². The number of aromatic nitrogens is 4. The third-order valence-electron chi connectivity index (χ3n) is 5.86. The molecule has 0 bridgehead atoms. The van der Waals surface area contributed by atoms with Gasteiger partial charge >= 0.3 is 7.82 Å². The number of anilines is 1. The fourth-order valence-electron chi connectivity index (χ4n) is 4.12. The van der Waals surface area contributed by atoms with Crippen LogP contribution in [0.3, 0.4) is 0 Å². The first-order chi connectivity index (χ1) is 18.9. The van der Waals surface area contributed by atoms with Crippen LogP contribution in [-0.2, 0) is 36.0 Å². The molecule has 0 radical (unpaired) electrons. The van der Waals surface area contributed by atoms with E-state index in [9.17, 15) is 14.5 Å². The molecular weight excluding hydrogens is 595 g/mol. The van der Waals surface area contributed by atoms with Gasteiger partial charge in [0.15, 0.2) is 0 Å². The van der Waals surface area contributed by atoms with E-state index in [0.717, 1.165) is 0 Å². The maximum Gasteiger partial charge on any atom is 0.477 e. The number of nitrogens with one attached hydrogen (secondary N) is 1. The molecule has 1 unspecified atom stereocenters. The second-order valence-corrected chi connectivity index (χ2v) is 14.6. The number of phosphoric acid groups is 1. The molecule has 232 valence electrons. The number of carbonyl (C=O) groups excluding carboxylic acids is 1. The number of phosphoric ester groups is 1. The van der Waals surface area contributed by atoms with Crippen LogP contribution in [0.4, 0.5) is 5.13 Å². The number of amides is 1. The standard InChI is InChI=1S/C25H42ClN6O7PS/c1-10-16-19(26)32(14-37-40(35,38-24(3,4)5)39-25(6,7)8)20(27-16)21(34)28-17-11-12-31(13-18(17)36-9)23-30-29-22(41-23)15(2)33/h15,17-18,33H,10-14H2,1-9H3,(H,28,34)/t15?,17-,18+/m1/s1. The van der Waals surface area contributed by atoms with Gasteiger partial charge in [0, 0.05) is 20.2 Å². The Morgan fingerprint density at radius 2 is 1.85 bits per heavy atom. The quantitative estimate of drug-likeness (QED) is 0.329. The summed E-state index contributed by atoms with van der Waals surface area (Å²) in [4.78, 5) is 20.0. The van der Waals surface area contributed by atoms with Gasteiger partial charge < -0.3 is 20.1 Å². The van der Waals surface area contributed by atoms with Gasteiger partial charge in [0.05, 0.1) is 29.0 Å². The first kappa shape index (κ1) is 33.9. The van der Waals surface area contributed by atoms with Crippen LogP contribution in [0.1, 0.15) is 89.2 Å². The Morgan fingerprint density at radius 1 is 1.22 bits per heavy atom. The lowest BCUT2D eigenvalue weighted by Gasteiger charge is -2.37. The number of hydrogen-bond donors (Lipinski definition) is 2. The van der Waals surface area contributed by atoms with Gasteiger partial charge in [-0.3, -0.25) is 22.9 Å². The van der Waals surface area contributed by atoms with E-state index in [1.54, 1.807) is 55.6 Å². The number of rotatable bonds is 11. The highest BCUT2D eigenvalue weighted by atomic mass is 35.5. The summed E-state index contributed by atoms with van der Waals surface area (Å²) in [5.74, 6) is -0.473. The number of piperidine rings is 1. The molecule has 1 fully saturated rings. The van der Waals surface area contributed by atoms with Crippen molar-refractivity contribution in [1.29, 1.82) is 0 Å². The monoisotopic (exact) mass is 636 g/mol. The molecule has 3 atom stereocenters. The zero-order valence-corrected chi connectivity index (χ0v) is 27.6. The Hall–Kier alpha value is -1.64. The third-order valence-corrected chi connectivity index (χ3v) is 9.41. The van der Waals surface area contributed by atoms with Gasteiger partial charge in [-0.15, -0.1) is 10.2 Å². The molecule has 3 heterocycles. The zero-order chi connectivity index (χ0) is 30.8. The van der Waals surface area contributed by atoms with Crippen molar-refractivity contribution in [3.05, 3.63) is 21.7 Å². The summed E-state index contributed by atoms with van der Waals surface area (Å²) in [6, 6.07) is -0.331. The van der Waals surface area contributed by atoms with E-state index in [0.29, 0.717) is 41.8 Å². The van der Waals surface area contributed by atoms with Gasteiger partial charge in [0.2, 0.25) is 11.0 Å². The van der Waals surface area contributed by atoms with E-state index in [2.05, 4.69) is 20.5 Å². The zero-order valence-electron chi connectivity index (χ0n) is 25.1. The van der Waals surface area contributed by atoms with Gasteiger partial charge in [0.25, 0.3) is 5.91 Å². The van der Waals surface area contributed by atoms with E-state index in [1.165, 1.54) is 15.9 Å². The Balaban J connectivity index is 1.78. The molecule has 0 spiro atoms. The average molecular weight is 637 g/mol. The molecule has 0 aromatic carbocycles. The maximum atomic E-state index is 13.6. The molecule has 16 heteroatoms. The van der Waals surface area contributed by atoms with Crippen molar-refractivity contribution in [2.24, 2.45) is 0 Å². The molecule has 2 N–H and O–H groups in total. The molecule has 2 aromatic rings. The summed E-state index contributed by atoms with van der Waals surface area (Å²) in [5, 5.41) is 22.4. The van der Waals surface area contributed by atoms with Crippen molar-refractivity contribution in [2.45, 2.75) is 104 Å². The summed E-state index contributed by atoms with van der Waals surface area (Å²) in [7, 11) is -2.50. The minimum absolute atomic E-state index is 0.00731. The van der Waals surface area contributed by atoms with E-state index in [-0.39, 0.29) is 29.9 Å². The minimum atomic E-state index is -4.08. The molecule has 0 aliphatic carbocycles. The highest BCUT2D eigenvalue weighted by Crippen LogP contribution is 2.55. The van der Waals surface area contributed by atoms with Gasteiger partial charge in [-0.1, -0.05) is 29.9 Å². The second-order valence-electron chi connectivity index (χ2n) is 11.8. The van der Waals surface area contributed by atoms with Crippen molar-refractivity contribution < 1.29 is 32.8 Å². The van der Waals surface area contributed by atoms with Crippen LogP contribution in [0, 0.1) is 0 Å². The first-order valence-corrected chi connectivity index (χ1v) is 16.1. The van der Waals surface area contributed by atoms with Crippen molar-refractivity contribution >= 4 is 41.8 Å². The van der Waals surface area contributed by atoms with Crippen molar-refractivity contribution in [3.63, 3.8) is 0 Å². The molecule has 41 heavy (non-hydrogen) atoms. The molecule has 13 nitrogen and oxygen atoms in total. The maximum absolute atomic E-state index is 13.6. The molecule has 1 aliphatic rings. The predicted molar refractivity (Wildman–Crippen MR) is 156 cm³/mol. The topological polar surface area (TPSA) is 150 Å².